The predicted molar refractivity (Wildman–Crippen MR) is 97.6 cm³/mol. The highest BCUT2D eigenvalue weighted by Crippen LogP contribution is 2.18. The Labute approximate surface area is 154 Å². The van der Waals surface area contributed by atoms with Gasteiger partial charge in [0.15, 0.2) is 6.10 Å². The number of hydrogen-bond acceptors (Lipinski definition) is 4. The van der Waals surface area contributed by atoms with Gasteiger partial charge < -0.3 is 9.30 Å². The highest BCUT2D eigenvalue weighted by Gasteiger charge is 2.16. The first-order valence-electron chi connectivity index (χ1n) is 7.94. The highest BCUT2D eigenvalue weighted by atomic mass is 35.5. The van der Waals surface area contributed by atoms with Gasteiger partial charge in [-0.2, -0.15) is 0 Å². The molecule has 134 valence electrons. The molecular weight excluding hydrogens is 356 g/mol. The Morgan fingerprint density at radius 1 is 1.19 bits per heavy atom. The van der Waals surface area contributed by atoms with Crippen LogP contribution in [0.5, 0.6) is 5.75 Å². The Kier molecular flexibility index (Phi) is 5.38. The van der Waals surface area contributed by atoms with Crippen molar-refractivity contribution in [3.05, 3.63) is 59.9 Å². The minimum Gasteiger partial charge on any atom is -0.481 e. The average molecular weight is 373 g/mol. The second-order valence-electron chi connectivity index (χ2n) is 5.62. The minimum absolute atomic E-state index is 0.0321. The number of fused-ring (bicyclic) bond motifs is 1. The molecule has 2 aromatic carbocycles. The van der Waals surface area contributed by atoms with Crippen LogP contribution in [0.3, 0.4) is 0 Å². The number of halogens is 1. The Hall–Kier alpha value is -3.06. The summed E-state index contributed by atoms with van der Waals surface area (Å²) in [5.74, 6) is -0.387. The number of benzene rings is 2. The van der Waals surface area contributed by atoms with Crippen LogP contribution in [-0.4, -0.2) is 27.5 Å². The smallest absolute Gasteiger partial charge is 0.279 e. The number of carbonyl (C=O) groups is 2. The first-order chi connectivity index (χ1) is 12.5. The molecule has 0 aliphatic rings. The van der Waals surface area contributed by atoms with Crippen LogP contribution < -0.4 is 15.6 Å². The Balaban J connectivity index is 1.51. The molecule has 2 amide bonds. The largest absolute Gasteiger partial charge is 0.481 e. The summed E-state index contributed by atoms with van der Waals surface area (Å²) in [7, 11) is 0. The van der Waals surface area contributed by atoms with Crippen molar-refractivity contribution >= 4 is 34.4 Å². The van der Waals surface area contributed by atoms with E-state index in [0.717, 1.165) is 11.0 Å². The van der Waals surface area contributed by atoms with Gasteiger partial charge in [0.2, 0.25) is 0 Å². The fourth-order valence-corrected chi connectivity index (χ4v) is 2.54. The number of rotatable bonds is 5. The van der Waals surface area contributed by atoms with Gasteiger partial charge in [0.05, 0.1) is 17.4 Å². The molecule has 0 bridgehead atoms. The van der Waals surface area contributed by atoms with Crippen LogP contribution in [0, 0.1) is 0 Å². The summed E-state index contributed by atoms with van der Waals surface area (Å²) in [5, 5.41) is 0.510. The summed E-state index contributed by atoms with van der Waals surface area (Å²) in [6.07, 6.45) is 0.777. The molecule has 0 spiro atoms. The summed E-state index contributed by atoms with van der Waals surface area (Å²) in [5.41, 5.74) is 6.36. The molecule has 1 atom stereocenters. The summed E-state index contributed by atoms with van der Waals surface area (Å²) >= 11 is 5.87. The third-order valence-corrected chi connectivity index (χ3v) is 3.88. The van der Waals surface area contributed by atoms with Crippen LogP contribution in [0.2, 0.25) is 5.02 Å². The zero-order valence-electron chi connectivity index (χ0n) is 14.0. The molecular formula is C18H17ClN4O3. The third-order valence-electron chi connectivity index (χ3n) is 3.64. The average Bonchev–Trinajstić information content (AvgIpc) is 3.02. The number of imidazole rings is 1. The lowest BCUT2D eigenvalue weighted by Crippen LogP contribution is -2.48. The molecule has 2 N–H and O–H groups in total. The molecule has 8 heteroatoms. The van der Waals surface area contributed by atoms with Crippen LogP contribution in [-0.2, 0) is 16.1 Å². The predicted octanol–water partition coefficient (Wildman–Crippen LogP) is 2.30. The number of hydrazine groups is 1. The van der Waals surface area contributed by atoms with E-state index in [4.69, 9.17) is 16.3 Å². The first kappa shape index (κ1) is 17.8. The molecule has 0 saturated carbocycles. The van der Waals surface area contributed by atoms with Crippen LogP contribution in [0.25, 0.3) is 11.0 Å². The van der Waals surface area contributed by atoms with Crippen molar-refractivity contribution in [3.63, 3.8) is 0 Å². The van der Waals surface area contributed by atoms with Gasteiger partial charge >= 0.3 is 0 Å². The number of para-hydroxylation sites is 2. The second-order valence-corrected chi connectivity index (χ2v) is 6.05. The lowest BCUT2D eigenvalue weighted by molar-refractivity contribution is -0.132. The number of nitrogens with one attached hydrogen (secondary N) is 2. The fraction of sp³-hybridized carbons (Fsp3) is 0.167. The topological polar surface area (TPSA) is 85.3 Å². The van der Waals surface area contributed by atoms with Gasteiger partial charge in [-0.25, -0.2) is 4.98 Å². The molecule has 0 aliphatic carbocycles. The van der Waals surface area contributed by atoms with Crippen LogP contribution in [0.1, 0.15) is 6.92 Å². The number of nitrogens with zero attached hydrogens (tertiary/aromatic N) is 2. The van der Waals surface area contributed by atoms with E-state index in [1.807, 2.05) is 24.3 Å². The normalized spacial score (nSPS) is 11.8. The van der Waals surface area contributed by atoms with Gasteiger partial charge in [0.1, 0.15) is 12.3 Å². The maximum Gasteiger partial charge on any atom is 0.279 e. The standard InChI is InChI=1S/C18H17ClN4O3/c1-12(26-14-6-4-5-13(19)9-14)18(25)22-21-17(24)10-23-11-20-15-7-2-3-8-16(15)23/h2-9,11-12H,10H2,1H3,(H,21,24)(H,22,25)/t12-/m0/s1. The summed E-state index contributed by atoms with van der Waals surface area (Å²) in [4.78, 5) is 28.3. The zero-order chi connectivity index (χ0) is 18.5. The van der Waals surface area contributed by atoms with Gasteiger partial charge in [-0.3, -0.25) is 20.4 Å². The molecule has 1 heterocycles. The van der Waals surface area contributed by atoms with Crippen LogP contribution >= 0.6 is 11.6 Å². The van der Waals surface area contributed by atoms with Crippen molar-refractivity contribution in [3.8, 4) is 5.75 Å². The number of aromatic nitrogens is 2. The van der Waals surface area contributed by atoms with Crippen molar-refractivity contribution in [2.75, 3.05) is 0 Å². The second kappa shape index (κ2) is 7.88. The first-order valence-corrected chi connectivity index (χ1v) is 8.31. The van der Waals surface area contributed by atoms with Gasteiger partial charge in [-0.1, -0.05) is 29.8 Å². The van der Waals surface area contributed by atoms with Gasteiger partial charge in [-0.15, -0.1) is 0 Å². The van der Waals surface area contributed by atoms with E-state index < -0.39 is 12.0 Å². The molecule has 0 saturated heterocycles. The van der Waals surface area contributed by atoms with E-state index in [1.165, 1.54) is 0 Å². The SMILES string of the molecule is C[C@H](Oc1cccc(Cl)c1)C(=O)NNC(=O)Cn1cnc2ccccc21. The molecule has 0 radical (unpaired) electrons. The monoisotopic (exact) mass is 372 g/mol. The van der Waals surface area contributed by atoms with E-state index >= 15 is 0 Å². The Morgan fingerprint density at radius 2 is 2.00 bits per heavy atom. The number of carbonyl (C=O) groups excluding carboxylic acids is 2. The molecule has 7 nitrogen and oxygen atoms in total. The Bertz CT molecular complexity index is 941. The van der Waals surface area contributed by atoms with Crippen molar-refractivity contribution in [1.29, 1.82) is 0 Å². The van der Waals surface area contributed by atoms with Gasteiger partial charge in [0, 0.05) is 5.02 Å². The molecule has 3 rings (SSSR count). The summed E-state index contributed by atoms with van der Waals surface area (Å²) in [6, 6.07) is 14.2. The van der Waals surface area contributed by atoms with Crippen LogP contribution in [0.4, 0.5) is 0 Å². The van der Waals surface area contributed by atoms with Gasteiger partial charge in [0.25, 0.3) is 11.8 Å². The van der Waals surface area contributed by atoms with Crippen LogP contribution in [0.15, 0.2) is 54.9 Å². The number of ether oxygens (including phenoxy) is 1. The zero-order valence-corrected chi connectivity index (χ0v) is 14.7. The lowest BCUT2D eigenvalue weighted by Gasteiger charge is -2.15. The van der Waals surface area contributed by atoms with E-state index in [9.17, 15) is 9.59 Å². The quantitative estimate of drug-likeness (QED) is 0.673. The molecule has 3 aromatic rings. The van der Waals surface area contributed by atoms with E-state index in [0.29, 0.717) is 10.8 Å². The minimum atomic E-state index is -0.803. The van der Waals surface area contributed by atoms with Crippen molar-refractivity contribution in [2.24, 2.45) is 0 Å². The van der Waals surface area contributed by atoms with Crippen molar-refractivity contribution in [1.82, 2.24) is 20.4 Å². The van der Waals surface area contributed by atoms with Gasteiger partial charge in [-0.05, 0) is 37.3 Å². The van der Waals surface area contributed by atoms with E-state index in [2.05, 4.69) is 15.8 Å². The maximum atomic E-state index is 12.1. The maximum absolute atomic E-state index is 12.1. The van der Waals surface area contributed by atoms with Crippen molar-refractivity contribution in [2.45, 2.75) is 19.6 Å². The molecule has 0 aliphatic heterocycles. The third kappa shape index (κ3) is 4.31. The molecule has 1 aromatic heterocycles. The van der Waals surface area contributed by atoms with E-state index in [-0.39, 0.29) is 12.5 Å². The Morgan fingerprint density at radius 3 is 2.81 bits per heavy atom. The molecule has 26 heavy (non-hydrogen) atoms. The molecule has 0 unspecified atom stereocenters. The number of hydrogen-bond donors (Lipinski definition) is 2. The summed E-state index contributed by atoms with van der Waals surface area (Å²) < 4.78 is 7.19. The number of amides is 2. The lowest BCUT2D eigenvalue weighted by atomic mass is 10.3. The summed E-state index contributed by atoms with van der Waals surface area (Å²) in [6.45, 7) is 1.61. The van der Waals surface area contributed by atoms with Crippen molar-refractivity contribution < 1.29 is 14.3 Å². The molecule has 0 fully saturated rings. The van der Waals surface area contributed by atoms with E-state index in [1.54, 1.807) is 42.1 Å². The fourth-order valence-electron chi connectivity index (χ4n) is 2.36. The highest BCUT2D eigenvalue weighted by molar-refractivity contribution is 6.30.